The van der Waals surface area contributed by atoms with E-state index in [0.717, 1.165) is 12.8 Å². The van der Waals surface area contributed by atoms with Gasteiger partial charge in [-0.2, -0.15) is 0 Å². The molecule has 1 N–H and O–H groups in total. The molecule has 3 nitrogen and oxygen atoms in total. The van der Waals surface area contributed by atoms with E-state index in [-0.39, 0.29) is 17.1 Å². The van der Waals surface area contributed by atoms with Crippen LogP contribution in [0.3, 0.4) is 0 Å². The average molecular weight is 401 g/mol. The van der Waals surface area contributed by atoms with Crippen LogP contribution in [0.2, 0.25) is 0 Å². The van der Waals surface area contributed by atoms with Gasteiger partial charge in [0.05, 0.1) is 6.10 Å². The molecule has 3 saturated carbocycles. The van der Waals surface area contributed by atoms with Gasteiger partial charge in [0.1, 0.15) is 11.2 Å². The molecular formula is C26H40O3. The summed E-state index contributed by atoms with van der Waals surface area (Å²) in [5, 5.41) is 10.4. The van der Waals surface area contributed by atoms with Gasteiger partial charge >= 0.3 is 0 Å². The summed E-state index contributed by atoms with van der Waals surface area (Å²) >= 11 is 0. The lowest BCUT2D eigenvalue weighted by atomic mass is 9.43. The minimum Gasteiger partial charge on any atom is -0.393 e. The van der Waals surface area contributed by atoms with Crippen LogP contribution in [0.4, 0.5) is 0 Å². The predicted octanol–water partition coefficient (Wildman–Crippen LogP) is 5.84. The normalized spacial score (nSPS) is 54.4. The molecule has 29 heavy (non-hydrogen) atoms. The Morgan fingerprint density at radius 2 is 1.72 bits per heavy atom. The first-order valence-electron chi connectivity index (χ1n) is 12.1. The van der Waals surface area contributed by atoms with Gasteiger partial charge in [-0.3, -0.25) is 0 Å². The first kappa shape index (κ1) is 20.3. The molecule has 2 heterocycles. The molecule has 0 aromatic carbocycles. The molecule has 4 aliphatic carbocycles. The molecule has 6 aliphatic rings. The highest BCUT2D eigenvalue weighted by Crippen LogP contribution is 2.72. The minimum absolute atomic E-state index is 0.0712. The minimum atomic E-state index is -0.434. The maximum absolute atomic E-state index is 10.4. The van der Waals surface area contributed by atoms with Crippen molar-refractivity contribution >= 4 is 0 Å². The number of hydrogen-bond acceptors (Lipinski definition) is 3. The van der Waals surface area contributed by atoms with E-state index < -0.39 is 5.60 Å². The molecule has 2 aliphatic heterocycles. The fourth-order valence-electron chi connectivity index (χ4n) is 8.54. The van der Waals surface area contributed by atoms with E-state index in [0.29, 0.717) is 41.4 Å². The number of aliphatic hydroxyl groups excluding tert-OH is 1. The highest BCUT2D eigenvalue weighted by Gasteiger charge is 2.74. The Hall–Kier alpha value is -0.640. The van der Waals surface area contributed by atoms with Gasteiger partial charge in [0.25, 0.3) is 0 Å². The third-order valence-corrected chi connectivity index (χ3v) is 10.1. The SMILES string of the molecule is CC(C)/C=C/[C@@H](C)C1CCC2[C@]1(C)CCC1[C@]23C=C[C@]2(CC(O)CC[C@]12C)OO3. The second kappa shape index (κ2) is 6.43. The average Bonchev–Trinajstić information content (AvgIpc) is 3.04. The summed E-state index contributed by atoms with van der Waals surface area (Å²) in [7, 11) is 0. The van der Waals surface area contributed by atoms with Crippen molar-refractivity contribution in [3.8, 4) is 0 Å². The first-order chi connectivity index (χ1) is 13.7. The number of aliphatic hydroxyl groups is 1. The number of fused-ring (bicyclic) bond motifs is 2. The molecule has 2 bridgehead atoms. The van der Waals surface area contributed by atoms with Crippen molar-refractivity contribution in [2.75, 3.05) is 0 Å². The van der Waals surface area contributed by atoms with Gasteiger partial charge in [0, 0.05) is 23.7 Å². The Kier molecular flexibility index (Phi) is 4.50. The van der Waals surface area contributed by atoms with E-state index in [2.05, 4.69) is 58.9 Å². The van der Waals surface area contributed by atoms with Crippen LogP contribution >= 0.6 is 0 Å². The van der Waals surface area contributed by atoms with E-state index in [1.165, 1.54) is 25.7 Å². The van der Waals surface area contributed by atoms with Crippen LogP contribution in [0.5, 0.6) is 0 Å². The van der Waals surface area contributed by atoms with E-state index in [1.807, 2.05) is 0 Å². The molecule has 0 aromatic rings. The second-order valence-corrected chi connectivity index (χ2v) is 11.9. The van der Waals surface area contributed by atoms with Gasteiger partial charge in [0.2, 0.25) is 0 Å². The number of allylic oxidation sites excluding steroid dienone is 2. The maximum Gasteiger partial charge on any atom is 0.130 e. The quantitative estimate of drug-likeness (QED) is 0.478. The van der Waals surface area contributed by atoms with Crippen molar-refractivity contribution in [2.45, 2.75) is 96.9 Å². The summed E-state index contributed by atoms with van der Waals surface area (Å²) in [4.78, 5) is 12.7. The molecule has 162 valence electrons. The molecule has 4 fully saturated rings. The van der Waals surface area contributed by atoms with Gasteiger partial charge in [-0.05, 0) is 67.8 Å². The molecule has 0 amide bonds. The summed E-state index contributed by atoms with van der Waals surface area (Å²) in [5.74, 6) is 2.95. The fraction of sp³-hybridized carbons (Fsp3) is 0.846. The standard InChI is InChI=1S/C26H40O3/c1-17(2)6-7-18(3)20-8-9-21-23(20,4)12-11-22-24(5)13-10-19(27)16-25(24)14-15-26(21,22)29-28-25/h6-7,14-15,17-22,27H,8-13,16H2,1-5H3/b7-6+/t18-,19?,20?,21?,22?,23-,24-,25-,26+/m1/s1. The van der Waals surface area contributed by atoms with Crippen molar-refractivity contribution in [1.82, 2.24) is 0 Å². The van der Waals surface area contributed by atoms with Gasteiger partial charge < -0.3 is 5.11 Å². The molecule has 1 saturated heterocycles. The first-order valence-corrected chi connectivity index (χ1v) is 12.1. The van der Waals surface area contributed by atoms with Crippen LogP contribution in [0, 0.1) is 40.4 Å². The zero-order valence-electron chi connectivity index (χ0n) is 19.0. The Bertz CT molecular complexity index is 727. The molecule has 3 heteroatoms. The largest absolute Gasteiger partial charge is 0.393 e. The molecule has 9 atom stereocenters. The number of hydrogen-bond donors (Lipinski definition) is 1. The third-order valence-electron chi connectivity index (χ3n) is 10.1. The summed E-state index contributed by atoms with van der Waals surface area (Å²) in [6, 6.07) is 0. The summed E-state index contributed by atoms with van der Waals surface area (Å²) in [6.07, 6.45) is 16.9. The lowest BCUT2D eigenvalue weighted by Gasteiger charge is -2.69. The second-order valence-electron chi connectivity index (χ2n) is 11.9. The molecule has 2 spiro atoms. The lowest BCUT2D eigenvalue weighted by Crippen LogP contribution is -2.73. The van der Waals surface area contributed by atoms with Crippen molar-refractivity contribution in [1.29, 1.82) is 0 Å². The van der Waals surface area contributed by atoms with Crippen LogP contribution in [-0.4, -0.2) is 22.4 Å². The lowest BCUT2D eigenvalue weighted by molar-refractivity contribution is -0.497. The van der Waals surface area contributed by atoms with Gasteiger partial charge in [-0.15, -0.1) is 0 Å². The molecule has 6 rings (SSSR count). The fourth-order valence-corrected chi connectivity index (χ4v) is 8.54. The zero-order valence-corrected chi connectivity index (χ0v) is 19.0. The Labute approximate surface area is 176 Å². The van der Waals surface area contributed by atoms with Crippen LogP contribution in [0.15, 0.2) is 24.3 Å². The van der Waals surface area contributed by atoms with Gasteiger partial charge in [-0.1, -0.05) is 52.8 Å². The smallest absolute Gasteiger partial charge is 0.130 e. The Morgan fingerprint density at radius 1 is 0.931 bits per heavy atom. The summed E-state index contributed by atoms with van der Waals surface area (Å²) in [5.41, 5.74) is -0.341. The van der Waals surface area contributed by atoms with Crippen LogP contribution in [0.1, 0.15) is 79.6 Å². The van der Waals surface area contributed by atoms with Crippen LogP contribution in [-0.2, 0) is 9.78 Å². The van der Waals surface area contributed by atoms with Crippen LogP contribution in [0.25, 0.3) is 0 Å². The topological polar surface area (TPSA) is 38.7 Å². The Balaban J connectivity index is 1.50. The Morgan fingerprint density at radius 3 is 2.41 bits per heavy atom. The molecule has 4 unspecified atom stereocenters. The molecule has 0 aromatic heterocycles. The van der Waals surface area contributed by atoms with E-state index in [9.17, 15) is 5.11 Å². The summed E-state index contributed by atoms with van der Waals surface area (Å²) in [6.45, 7) is 11.9. The van der Waals surface area contributed by atoms with Gasteiger partial charge in [-0.25, -0.2) is 9.78 Å². The van der Waals surface area contributed by atoms with Crippen LogP contribution < -0.4 is 0 Å². The highest BCUT2D eigenvalue weighted by molar-refractivity contribution is 5.33. The summed E-state index contributed by atoms with van der Waals surface area (Å²) < 4.78 is 0. The van der Waals surface area contributed by atoms with E-state index in [1.54, 1.807) is 0 Å². The molecule has 0 radical (unpaired) electrons. The van der Waals surface area contributed by atoms with Crippen molar-refractivity contribution in [2.24, 2.45) is 40.4 Å². The van der Waals surface area contributed by atoms with Crippen molar-refractivity contribution < 1.29 is 14.9 Å². The number of rotatable bonds is 3. The van der Waals surface area contributed by atoms with Crippen molar-refractivity contribution in [3.63, 3.8) is 0 Å². The van der Waals surface area contributed by atoms with Gasteiger partial charge in [0.15, 0.2) is 0 Å². The molecular weight excluding hydrogens is 360 g/mol. The van der Waals surface area contributed by atoms with Crippen molar-refractivity contribution in [3.05, 3.63) is 24.3 Å². The highest BCUT2D eigenvalue weighted by atomic mass is 17.2. The van der Waals surface area contributed by atoms with E-state index in [4.69, 9.17) is 9.78 Å². The third kappa shape index (κ3) is 2.53. The predicted molar refractivity (Wildman–Crippen MR) is 115 cm³/mol. The van der Waals surface area contributed by atoms with E-state index >= 15 is 0 Å². The monoisotopic (exact) mass is 400 g/mol. The maximum atomic E-state index is 10.4. The zero-order chi connectivity index (χ0) is 20.7.